The maximum absolute atomic E-state index is 11.9. The number of nitriles is 1. The smallest absolute Gasteiger partial charge is 0.238 e. The van der Waals surface area contributed by atoms with Crippen LogP contribution >= 0.6 is 0 Å². The maximum atomic E-state index is 11.9. The van der Waals surface area contributed by atoms with Crippen LogP contribution in [0.2, 0.25) is 0 Å². The zero-order chi connectivity index (χ0) is 15.9. The van der Waals surface area contributed by atoms with Gasteiger partial charge in [-0.1, -0.05) is 19.9 Å². The molecule has 0 fully saturated rings. The van der Waals surface area contributed by atoms with Gasteiger partial charge in [-0.15, -0.1) is 0 Å². The summed E-state index contributed by atoms with van der Waals surface area (Å²) in [5.74, 6) is -0.760. The standard InChI is InChI=1S/C15H20N4O2/c1-3-15(4-2,14(17)21)18-10-13(20)19-12-7-5-6-11(8-12)9-16/h5-8,18H,3-4,10H2,1-2H3,(H2,17,21)(H,19,20). The predicted octanol–water partition coefficient (Wildman–Crippen LogP) is 1.13. The van der Waals surface area contributed by atoms with E-state index in [0.29, 0.717) is 24.1 Å². The van der Waals surface area contributed by atoms with Gasteiger partial charge < -0.3 is 11.1 Å². The third-order valence-corrected chi connectivity index (χ3v) is 3.54. The average molecular weight is 288 g/mol. The van der Waals surface area contributed by atoms with Crippen molar-refractivity contribution in [2.24, 2.45) is 5.73 Å². The first-order valence-corrected chi connectivity index (χ1v) is 6.82. The van der Waals surface area contributed by atoms with Crippen molar-refractivity contribution >= 4 is 17.5 Å². The summed E-state index contributed by atoms with van der Waals surface area (Å²) in [6.07, 6.45) is 1.02. The number of benzene rings is 1. The molecular formula is C15H20N4O2. The van der Waals surface area contributed by atoms with Gasteiger partial charge in [0.05, 0.1) is 23.7 Å². The summed E-state index contributed by atoms with van der Waals surface area (Å²) in [4.78, 5) is 23.4. The van der Waals surface area contributed by atoms with E-state index in [0.717, 1.165) is 0 Å². The first-order valence-electron chi connectivity index (χ1n) is 6.82. The van der Waals surface area contributed by atoms with Crippen molar-refractivity contribution < 1.29 is 9.59 Å². The summed E-state index contributed by atoms with van der Waals surface area (Å²) in [5, 5.41) is 14.4. The van der Waals surface area contributed by atoms with Crippen LogP contribution in [0.1, 0.15) is 32.3 Å². The molecule has 0 radical (unpaired) electrons. The quantitative estimate of drug-likeness (QED) is 0.698. The number of hydrogen-bond donors (Lipinski definition) is 3. The third kappa shape index (κ3) is 4.29. The van der Waals surface area contributed by atoms with E-state index in [2.05, 4.69) is 10.6 Å². The van der Waals surface area contributed by atoms with Crippen molar-refractivity contribution in [3.05, 3.63) is 29.8 Å². The lowest BCUT2D eigenvalue weighted by atomic mass is 9.92. The molecule has 0 spiro atoms. The molecule has 1 aromatic carbocycles. The second-order valence-electron chi connectivity index (χ2n) is 4.75. The highest BCUT2D eigenvalue weighted by molar-refractivity contribution is 5.93. The van der Waals surface area contributed by atoms with Crippen LogP contribution in [0.4, 0.5) is 5.69 Å². The molecule has 1 aromatic rings. The van der Waals surface area contributed by atoms with Crippen molar-refractivity contribution in [2.75, 3.05) is 11.9 Å². The molecule has 0 aliphatic heterocycles. The van der Waals surface area contributed by atoms with E-state index in [9.17, 15) is 9.59 Å². The third-order valence-electron chi connectivity index (χ3n) is 3.54. The van der Waals surface area contributed by atoms with Gasteiger partial charge in [0.1, 0.15) is 0 Å². The van der Waals surface area contributed by atoms with Gasteiger partial charge >= 0.3 is 0 Å². The Bertz CT molecular complexity index is 559. The summed E-state index contributed by atoms with van der Waals surface area (Å²) in [5.41, 5.74) is 5.54. The average Bonchev–Trinajstić information content (AvgIpc) is 2.48. The van der Waals surface area contributed by atoms with Gasteiger partial charge in [0.2, 0.25) is 11.8 Å². The van der Waals surface area contributed by atoms with E-state index in [4.69, 9.17) is 11.0 Å². The molecule has 0 bridgehead atoms. The highest BCUT2D eigenvalue weighted by Gasteiger charge is 2.32. The number of anilines is 1. The molecule has 0 aliphatic carbocycles. The van der Waals surface area contributed by atoms with Crippen LogP contribution in [0.25, 0.3) is 0 Å². The van der Waals surface area contributed by atoms with Crippen molar-refractivity contribution in [2.45, 2.75) is 32.2 Å². The largest absolute Gasteiger partial charge is 0.368 e. The van der Waals surface area contributed by atoms with Gasteiger partial charge in [0.25, 0.3) is 0 Å². The van der Waals surface area contributed by atoms with Crippen LogP contribution in [0.5, 0.6) is 0 Å². The second kappa shape index (κ2) is 7.41. The number of rotatable bonds is 7. The molecule has 2 amide bonds. The van der Waals surface area contributed by atoms with Crippen molar-refractivity contribution in [1.82, 2.24) is 5.32 Å². The molecule has 0 heterocycles. The minimum absolute atomic E-state index is 0.0264. The Morgan fingerprint density at radius 2 is 2.00 bits per heavy atom. The molecule has 0 atom stereocenters. The summed E-state index contributed by atoms with van der Waals surface area (Å²) < 4.78 is 0. The number of carbonyl (C=O) groups excluding carboxylic acids is 2. The summed E-state index contributed by atoms with van der Waals surface area (Å²) in [7, 11) is 0. The summed E-state index contributed by atoms with van der Waals surface area (Å²) >= 11 is 0. The van der Waals surface area contributed by atoms with Crippen molar-refractivity contribution in [1.29, 1.82) is 5.26 Å². The lowest BCUT2D eigenvalue weighted by molar-refractivity contribution is -0.125. The van der Waals surface area contributed by atoms with Crippen LogP contribution in [-0.4, -0.2) is 23.9 Å². The molecule has 1 rings (SSSR count). The minimum atomic E-state index is -0.869. The van der Waals surface area contributed by atoms with E-state index in [-0.39, 0.29) is 12.5 Å². The normalized spacial score (nSPS) is 10.7. The Labute approximate surface area is 124 Å². The Morgan fingerprint density at radius 3 is 2.52 bits per heavy atom. The van der Waals surface area contributed by atoms with Gasteiger partial charge in [-0.25, -0.2) is 0 Å². The lowest BCUT2D eigenvalue weighted by Gasteiger charge is -2.29. The fourth-order valence-corrected chi connectivity index (χ4v) is 2.06. The van der Waals surface area contributed by atoms with Crippen LogP contribution in [-0.2, 0) is 9.59 Å². The molecule has 0 aromatic heterocycles. The monoisotopic (exact) mass is 288 g/mol. The second-order valence-corrected chi connectivity index (χ2v) is 4.75. The Morgan fingerprint density at radius 1 is 1.33 bits per heavy atom. The molecule has 6 nitrogen and oxygen atoms in total. The molecule has 4 N–H and O–H groups in total. The van der Waals surface area contributed by atoms with Crippen LogP contribution < -0.4 is 16.4 Å². The highest BCUT2D eigenvalue weighted by Crippen LogP contribution is 2.14. The number of primary amides is 1. The number of hydrogen-bond acceptors (Lipinski definition) is 4. The van der Waals surface area contributed by atoms with E-state index in [1.54, 1.807) is 24.3 Å². The molecule has 0 aliphatic rings. The first kappa shape index (κ1) is 16.7. The van der Waals surface area contributed by atoms with Gasteiger partial charge in [-0.05, 0) is 31.0 Å². The Balaban J connectivity index is 2.65. The van der Waals surface area contributed by atoms with Crippen molar-refractivity contribution in [3.63, 3.8) is 0 Å². The molecule has 21 heavy (non-hydrogen) atoms. The molecule has 0 unspecified atom stereocenters. The fourth-order valence-electron chi connectivity index (χ4n) is 2.06. The van der Waals surface area contributed by atoms with Gasteiger partial charge in [-0.3, -0.25) is 14.9 Å². The van der Waals surface area contributed by atoms with E-state index >= 15 is 0 Å². The predicted molar refractivity (Wildman–Crippen MR) is 80.3 cm³/mol. The topological polar surface area (TPSA) is 108 Å². The number of nitrogens with one attached hydrogen (secondary N) is 2. The van der Waals surface area contributed by atoms with Crippen LogP contribution in [0.3, 0.4) is 0 Å². The zero-order valence-electron chi connectivity index (χ0n) is 12.3. The van der Waals surface area contributed by atoms with Crippen LogP contribution in [0, 0.1) is 11.3 Å². The first-order chi connectivity index (χ1) is 9.97. The van der Waals surface area contributed by atoms with Gasteiger partial charge in [-0.2, -0.15) is 5.26 Å². The molecule has 0 saturated carbocycles. The summed E-state index contributed by atoms with van der Waals surface area (Å²) in [6, 6.07) is 8.62. The maximum Gasteiger partial charge on any atom is 0.238 e. The molecular weight excluding hydrogens is 268 g/mol. The molecule has 0 saturated heterocycles. The zero-order valence-corrected chi connectivity index (χ0v) is 12.3. The number of amides is 2. The molecule has 112 valence electrons. The minimum Gasteiger partial charge on any atom is -0.368 e. The number of nitrogens with two attached hydrogens (primary N) is 1. The number of nitrogens with zero attached hydrogens (tertiary/aromatic N) is 1. The Kier molecular flexibility index (Phi) is 5.88. The SMILES string of the molecule is CCC(CC)(NCC(=O)Nc1cccc(C#N)c1)C(N)=O. The summed E-state index contributed by atoms with van der Waals surface area (Å²) in [6.45, 7) is 3.66. The van der Waals surface area contributed by atoms with E-state index in [1.165, 1.54) is 0 Å². The highest BCUT2D eigenvalue weighted by atomic mass is 16.2. The lowest BCUT2D eigenvalue weighted by Crippen LogP contribution is -2.56. The van der Waals surface area contributed by atoms with Crippen LogP contribution in [0.15, 0.2) is 24.3 Å². The van der Waals surface area contributed by atoms with E-state index < -0.39 is 11.4 Å². The Hall–Kier alpha value is -2.39. The fraction of sp³-hybridized carbons (Fsp3) is 0.400. The van der Waals surface area contributed by atoms with E-state index in [1.807, 2.05) is 19.9 Å². The number of carbonyl (C=O) groups is 2. The van der Waals surface area contributed by atoms with Gasteiger partial charge in [0.15, 0.2) is 0 Å². The molecule has 6 heteroatoms. The van der Waals surface area contributed by atoms with Gasteiger partial charge in [0, 0.05) is 5.69 Å². The van der Waals surface area contributed by atoms with Crippen molar-refractivity contribution in [3.8, 4) is 6.07 Å².